The van der Waals surface area contributed by atoms with Crippen LogP contribution in [0.25, 0.3) is 0 Å². The van der Waals surface area contributed by atoms with Gasteiger partial charge in [-0.25, -0.2) is 13.6 Å². The molecule has 2 saturated heterocycles. The molecule has 4 atom stereocenters. The van der Waals surface area contributed by atoms with Gasteiger partial charge in [0.15, 0.2) is 0 Å². The predicted molar refractivity (Wildman–Crippen MR) is 116 cm³/mol. The van der Waals surface area contributed by atoms with E-state index in [9.17, 15) is 23.5 Å². The zero-order chi connectivity index (χ0) is 23.6. The van der Waals surface area contributed by atoms with E-state index in [1.807, 2.05) is 18.2 Å². The predicted octanol–water partition coefficient (Wildman–Crippen LogP) is 2.49. The summed E-state index contributed by atoms with van der Waals surface area (Å²) < 4.78 is 32.3. The van der Waals surface area contributed by atoms with E-state index in [4.69, 9.17) is 4.74 Å². The number of aliphatic hydroxyl groups is 1. The van der Waals surface area contributed by atoms with Crippen molar-refractivity contribution in [3.05, 3.63) is 29.3 Å². The SMILES string of the molecule is COc1ccc2c(c1)[C@]13CCN(CCCC(C)(F)F)[C@H](C2)[C@]1(O)CC[C@@]1(C3)NC(=O)NC1=O. The number of urea groups is 1. The number of hydrogen-bond donors (Lipinski definition) is 3. The Morgan fingerprint density at radius 3 is 2.73 bits per heavy atom. The maximum Gasteiger partial charge on any atom is 0.322 e. The molecule has 7 nitrogen and oxygen atoms in total. The van der Waals surface area contributed by atoms with Crippen molar-refractivity contribution < 1.29 is 28.2 Å². The van der Waals surface area contributed by atoms with Crippen LogP contribution >= 0.6 is 0 Å². The number of alkyl halides is 2. The number of nitrogens with zero attached hydrogens (tertiary/aromatic N) is 1. The Morgan fingerprint density at radius 2 is 2.06 bits per heavy atom. The second-order valence-corrected chi connectivity index (χ2v) is 10.4. The lowest BCUT2D eigenvalue weighted by Crippen LogP contribution is -2.76. The molecule has 3 fully saturated rings. The smallest absolute Gasteiger partial charge is 0.322 e. The molecule has 3 N–H and O–H groups in total. The zero-order valence-corrected chi connectivity index (χ0v) is 19.0. The van der Waals surface area contributed by atoms with Gasteiger partial charge in [-0.05, 0) is 81.8 Å². The number of imide groups is 1. The first-order valence-corrected chi connectivity index (χ1v) is 11.7. The van der Waals surface area contributed by atoms with Gasteiger partial charge in [0, 0.05) is 17.9 Å². The highest BCUT2D eigenvalue weighted by Gasteiger charge is 2.69. The lowest BCUT2D eigenvalue weighted by atomic mass is 9.46. The molecule has 1 aromatic rings. The molecule has 1 aromatic carbocycles. The normalized spacial score (nSPS) is 35.6. The van der Waals surface area contributed by atoms with E-state index in [2.05, 4.69) is 15.5 Å². The van der Waals surface area contributed by atoms with E-state index < -0.39 is 28.5 Å². The van der Waals surface area contributed by atoms with Crippen LogP contribution in [0.4, 0.5) is 13.6 Å². The molecule has 4 aliphatic rings. The number of benzene rings is 1. The largest absolute Gasteiger partial charge is 0.497 e. The Labute approximate surface area is 191 Å². The number of fused-ring (bicyclic) bond motifs is 1. The summed E-state index contributed by atoms with van der Waals surface area (Å²) in [5.74, 6) is -2.38. The number of nitrogens with one attached hydrogen (secondary N) is 2. The van der Waals surface area contributed by atoms with Crippen molar-refractivity contribution in [2.45, 2.75) is 80.4 Å². The molecule has 9 heteroatoms. The van der Waals surface area contributed by atoms with Crippen molar-refractivity contribution in [1.82, 2.24) is 15.5 Å². The summed E-state index contributed by atoms with van der Waals surface area (Å²) >= 11 is 0. The van der Waals surface area contributed by atoms with Gasteiger partial charge in [-0.2, -0.15) is 0 Å². The fourth-order valence-electron chi connectivity index (χ4n) is 6.95. The van der Waals surface area contributed by atoms with Crippen LogP contribution in [0, 0.1) is 0 Å². The third-order valence-electron chi connectivity index (χ3n) is 8.50. The van der Waals surface area contributed by atoms with E-state index in [0.717, 1.165) is 18.1 Å². The number of hydrogen-bond acceptors (Lipinski definition) is 5. The molecular formula is C24H31F2N3O4. The van der Waals surface area contributed by atoms with E-state index >= 15 is 0 Å². The first-order chi connectivity index (χ1) is 15.5. The minimum absolute atomic E-state index is 0.192. The van der Waals surface area contributed by atoms with Crippen LogP contribution in [0.5, 0.6) is 5.75 Å². The summed E-state index contributed by atoms with van der Waals surface area (Å²) in [6, 6.07) is 5.10. The number of methoxy groups -OCH3 is 1. The zero-order valence-electron chi connectivity index (χ0n) is 19.0. The Hall–Kier alpha value is -2.26. The molecule has 0 radical (unpaired) electrons. The second kappa shape index (κ2) is 7.37. The summed E-state index contributed by atoms with van der Waals surface area (Å²) in [5, 5.41) is 17.5. The van der Waals surface area contributed by atoms with Gasteiger partial charge in [0.25, 0.3) is 5.91 Å². The monoisotopic (exact) mass is 463 g/mol. The molecule has 5 rings (SSSR count). The minimum atomic E-state index is -2.71. The number of halogens is 2. The highest BCUT2D eigenvalue weighted by molar-refractivity contribution is 6.07. The molecule has 1 spiro atoms. The van der Waals surface area contributed by atoms with Crippen LogP contribution in [0.1, 0.15) is 56.6 Å². The van der Waals surface area contributed by atoms with Gasteiger partial charge in [-0.3, -0.25) is 15.0 Å². The van der Waals surface area contributed by atoms with Gasteiger partial charge in [0.1, 0.15) is 11.3 Å². The van der Waals surface area contributed by atoms with Gasteiger partial charge < -0.3 is 15.2 Å². The topological polar surface area (TPSA) is 90.9 Å². The maximum absolute atomic E-state index is 13.4. The number of rotatable bonds is 5. The second-order valence-electron chi connectivity index (χ2n) is 10.4. The molecule has 2 aliphatic heterocycles. The Bertz CT molecular complexity index is 998. The van der Waals surface area contributed by atoms with Gasteiger partial charge in [-0.1, -0.05) is 6.07 Å². The molecule has 1 saturated carbocycles. The van der Waals surface area contributed by atoms with Crippen LogP contribution in [0.15, 0.2) is 18.2 Å². The van der Waals surface area contributed by atoms with Crippen LogP contribution in [-0.4, -0.2) is 65.2 Å². The van der Waals surface area contributed by atoms with Crippen LogP contribution in [-0.2, 0) is 16.6 Å². The average molecular weight is 464 g/mol. The van der Waals surface area contributed by atoms with E-state index in [1.54, 1.807) is 7.11 Å². The van der Waals surface area contributed by atoms with Crippen LogP contribution < -0.4 is 15.4 Å². The molecule has 0 aromatic heterocycles. The summed E-state index contributed by atoms with van der Waals surface area (Å²) in [6.45, 7) is 2.05. The fraction of sp³-hybridized carbons (Fsp3) is 0.667. The first kappa shape index (κ1) is 22.5. The quantitative estimate of drug-likeness (QED) is 0.584. The standard InChI is InChI=1S/C24H31F2N3O4/c1-21(25,26)6-3-10-29-11-9-22-14-23(19(30)27-20(31)28-23)7-8-24(22,32)18(29)12-15-4-5-16(33-2)13-17(15)22/h4-5,13,18,32H,3,6-12,14H2,1-2H3,(H2,27,28,30,31)/t18-,22-,23+,24-/m1/s1. The lowest BCUT2D eigenvalue weighted by Gasteiger charge is -2.65. The third kappa shape index (κ3) is 3.34. The molecule has 2 aliphatic carbocycles. The number of likely N-dealkylation sites (tertiary alicyclic amines) is 1. The molecule has 180 valence electrons. The Balaban J connectivity index is 1.55. The summed E-state index contributed by atoms with van der Waals surface area (Å²) in [6.07, 6.45) is 2.29. The summed E-state index contributed by atoms with van der Waals surface area (Å²) in [4.78, 5) is 27.0. The Kier molecular flexibility index (Phi) is 5.03. The molecule has 2 heterocycles. The van der Waals surface area contributed by atoms with E-state index in [0.29, 0.717) is 57.4 Å². The van der Waals surface area contributed by atoms with Gasteiger partial charge in [0.05, 0.1) is 12.7 Å². The van der Waals surface area contributed by atoms with Gasteiger partial charge in [0.2, 0.25) is 5.92 Å². The minimum Gasteiger partial charge on any atom is -0.497 e. The summed E-state index contributed by atoms with van der Waals surface area (Å²) in [7, 11) is 1.59. The number of carbonyl (C=O) groups is 2. The van der Waals surface area contributed by atoms with Crippen LogP contribution in [0.2, 0.25) is 0 Å². The summed E-state index contributed by atoms with van der Waals surface area (Å²) in [5.41, 5.74) is -0.917. The molecular weight excluding hydrogens is 432 g/mol. The van der Waals surface area contributed by atoms with Crippen molar-refractivity contribution in [1.29, 1.82) is 0 Å². The van der Waals surface area contributed by atoms with Crippen molar-refractivity contribution in [3.63, 3.8) is 0 Å². The van der Waals surface area contributed by atoms with Crippen molar-refractivity contribution in [2.75, 3.05) is 20.2 Å². The Morgan fingerprint density at radius 1 is 1.27 bits per heavy atom. The van der Waals surface area contributed by atoms with Crippen molar-refractivity contribution in [2.24, 2.45) is 0 Å². The fourth-order valence-corrected chi connectivity index (χ4v) is 6.95. The number of ether oxygens (including phenoxy) is 1. The van der Waals surface area contributed by atoms with Gasteiger partial charge in [-0.15, -0.1) is 0 Å². The van der Waals surface area contributed by atoms with Crippen molar-refractivity contribution in [3.8, 4) is 5.75 Å². The lowest BCUT2D eigenvalue weighted by molar-refractivity contribution is -0.180. The number of amides is 3. The van der Waals surface area contributed by atoms with Gasteiger partial charge >= 0.3 is 6.03 Å². The van der Waals surface area contributed by atoms with E-state index in [-0.39, 0.29) is 18.4 Å². The maximum atomic E-state index is 13.4. The number of carbonyl (C=O) groups excluding carboxylic acids is 2. The molecule has 0 unspecified atom stereocenters. The van der Waals surface area contributed by atoms with Crippen molar-refractivity contribution >= 4 is 11.9 Å². The number of piperidine rings is 1. The first-order valence-electron chi connectivity index (χ1n) is 11.7. The highest BCUT2D eigenvalue weighted by Crippen LogP contribution is 2.60. The molecule has 2 bridgehead atoms. The average Bonchev–Trinajstić information content (AvgIpc) is 3.01. The van der Waals surface area contributed by atoms with Crippen LogP contribution in [0.3, 0.4) is 0 Å². The van der Waals surface area contributed by atoms with E-state index in [1.165, 1.54) is 0 Å². The highest BCUT2D eigenvalue weighted by atomic mass is 19.3. The molecule has 3 amide bonds. The third-order valence-corrected chi connectivity index (χ3v) is 8.50. The molecule has 33 heavy (non-hydrogen) atoms.